The summed E-state index contributed by atoms with van der Waals surface area (Å²) in [5, 5.41) is 0. The maximum absolute atomic E-state index is 13.7. The zero-order valence-corrected chi connectivity index (χ0v) is 11.8. The normalized spacial score (nSPS) is 22.1. The molecule has 0 aliphatic carbocycles. The van der Waals surface area contributed by atoms with Crippen molar-refractivity contribution in [1.29, 1.82) is 0 Å². The smallest absolute Gasteiger partial charge is 0.246 e. The number of halogens is 1. The van der Waals surface area contributed by atoms with E-state index < -0.39 is 15.8 Å². The van der Waals surface area contributed by atoms with Gasteiger partial charge in [0, 0.05) is 18.8 Å². The van der Waals surface area contributed by atoms with Crippen molar-refractivity contribution in [1.82, 2.24) is 4.31 Å². The molecule has 1 atom stereocenters. The summed E-state index contributed by atoms with van der Waals surface area (Å²) in [5.74, 6) is -0.239. The van der Waals surface area contributed by atoms with Gasteiger partial charge in [0.05, 0.1) is 0 Å². The molecule has 6 heteroatoms. The zero-order chi connectivity index (χ0) is 14.0. The fraction of sp³-hybridized carbons (Fsp3) is 0.538. The molecule has 1 aromatic rings. The highest BCUT2D eigenvalue weighted by molar-refractivity contribution is 7.89. The predicted molar refractivity (Wildman–Crippen MR) is 72.6 cm³/mol. The van der Waals surface area contributed by atoms with Gasteiger partial charge >= 0.3 is 0 Å². The van der Waals surface area contributed by atoms with Gasteiger partial charge in [-0.25, -0.2) is 12.8 Å². The van der Waals surface area contributed by atoms with E-state index in [1.165, 1.54) is 16.4 Å². The summed E-state index contributed by atoms with van der Waals surface area (Å²) in [5.41, 5.74) is 5.81. The Morgan fingerprint density at radius 1 is 1.32 bits per heavy atom. The molecule has 1 aliphatic rings. The molecule has 19 heavy (non-hydrogen) atoms. The molecular weight excluding hydrogens is 267 g/mol. The molecule has 0 bridgehead atoms. The van der Waals surface area contributed by atoms with Crippen molar-refractivity contribution in [2.45, 2.75) is 31.1 Å². The molecule has 0 radical (unpaired) electrons. The Hall–Kier alpha value is -1.14. The molecule has 2 rings (SSSR count). The van der Waals surface area contributed by atoms with Crippen LogP contribution >= 0.6 is 0 Å². The van der Waals surface area contributed by atoms with Crippen LogP contribution in [-0.2, 0) is 10.0 Å². The Morgan fingerprint density at radius 3 is 2.79 bits per heavy atom. The van der Waals surface area contributed by atoms with Crippen molar-refractivity contribution in [2.75, 3.05) is 18.8 Å². The number of anilines is 1. The van der Waals surface area contributed by atoms with Crippen LogP contribution in [0.3, 0.4) is 0 Å². The van der Waals surface area contributed by atoms with Crippen molar-refractivity contribution < 1.29 is 12.8 Å². The topological polar surface area (TPSA) is 63.4 Å². The number of hydrogen-bond acceptors (Lipinski definition) is 3. The van der Waals surface area contributed by atoms with Crippen LogP contribution in [0.1, 0.15) is 26.2 Å². The van der Waals surface area contributed by atoms with Crippen molar-refractivity contribution in [3.8, 4) is 0 Å². The lowest BCUT2D eigenvalue weighted by Gasteiger charge is -2.20. The minimum Gasteiger partial charge on any atom is -0.399 e. The fourth-order valence-electron chi connectivity index (χ4n) is 2.33. The maximum Gasteiger partial charge on any atom is 0.246 e. The first kappa shape index (κ1) is 14.3. The van der Waals surface area contributed by atoms with Gasteiger partial charge in [-0.1, -0.05) is 6.92 Å². The quantitative estimate of drug-likeness (QED) is 0.848. The lowest BCUT2D eigenvalue weighted by molar-refractivity contribution is 0.413. The third-order valence-electron chi connectivity index (χ3n) is 3.55. The van der Waals surface area contributed by atoms with Gasteiger partial charge < -0.3 is 5.73 Å². The zero-order valence-electron chi connectivity index (χ0n) is 11.0. The first-order valence-electron chi connectivity index (χ1n) is 6.46. The van der Waals surface area contributed by atoms with Crippen LogP contribution in [0.5, 0.6) is 0 Å². The second-order valence-corrected chi connectivity index (χ2v) is 7.04. The summed E-state index contributed by atoms with van der Waals surface area (Å²) in [6, 6.07) is 3.65. The second-order valence-electron chi connectivity index (χ2n) is 5.13. The summed E-state index contributed by atoms with van der Waals surface area (Å²) in [4.78, 5) is -0.318. The third-order valence-corrected chi connectivity index (χ3v) is 5.46. The van der Waals surface area contributed by atoms with Crippen LogP contribution in [0, 0.1) is 11.7 Å². The highest BCUT2D eigenvalue weighted by Crippen LogP contribution is 2.25. The van der Waals surface area contributed by atoms with E-state index >= 15 is 0 Å². The molecule has 2 N–H and O–H groups in total. The molecule has 1 heterocycles. The third kappa shape index (κ3) is 3.06. The summed E-state index contributed by atoms with van der Waals surface area (Å²) < 4.78 is 40.0. The van der Waals surface area contributed by atoms with Crippen molar-refractivity contribution in [3.63, 3.8) is 0 Å². The largest absolute Gasteiger partial charge is 0.399 e. The van der Waals surface area contributed by atoms with Crippen LogP contribution < -0.4 is 5.73 Å². The Balaban J connectivity index is 2.33. The minimum atomic E-state index is -3.78. The Morgan fingerprint density at radius 2 is 2.05 bits per heavy atom. The molecular formula is C13H19FN2O2S. The van der Waals surface area contributed by atoms with Gasteiger partial charge in [0.15, 0.2) is 0 Å². The molecule has 106 valence electrons. The van der Waals surface area contributed by atoms with Gasteiger partial charge in [-0.3, -0.25) is 0 Å². The lowest BCUT2D eigenvalue weighted by Crippen LogP contribution is -2.32. The SMILES string of the molecule is CC1CCCN(S(=O)(=O)c2cc(N)ccc2F)CC1. The predicted octanol–water partition coefficient (Wildman–Crippen LogP) is 2.22. The molecule has 1 unspecified atom stereocenters. The average Bonchev–Trinajstić information content (AvgIpc) is 2.57. The van der Waals surface area contributed by atoms with Crippen molar-refractivity contribution >= 4 is 15.7 Å². The van der Waals surface area contributed by atoms with E-state index in [4.69, 9.17) is 5.73 Å². The van der Waals surface area contributed by atoms with E-state index in [0.717, 1.165) is 25.3 Å². The summed E-state index contributed by atoms with van der Waals surface area (Å²) in [7, 11) is -3.78. The molecule has 1 aliphatic heterocycles. The maximum atomic E-state index is 13.7. The first-order chi connectivity index (χ1) is 8.91. The number of nitrogens with zero attached hydrogens (tertiary/aromatic N) is 1. The Bertz CT molecular complexity index is 560. The minimum absolute atomic E-state index is 0.253. The molecule has 1 fully saturated rings. The van der Waals surface area contributed by atoms with E-state index in [1.807, 2.05) is 0 Å². The van der Waals surface area contributed by atoms with Gasteiger partial charge in [0.25, 0.3) is 0 Å². The number of rotatable bonds is 2. The molecule has 0 spiro atoms. The number of hydrogen-bond donors (Lipinski definition) is 1. The lowest BCUT2D eigenvalue weighted by atomic mass is 10.0. The monoisotopic (exact) mass is 286 g/mol. The van der Waals surface area contributed by atoms with Crippen LogP contribution in [0.25, 0.3) is 0 Å². The number of sulfonamides is 1. The van der Waals surface area contributed by atoms with E-state index in [0.29, 0.717) is 19.0 Å². The van der Waals surface area contributed by atoms with Gasteiger partial charge in [0.2, 0.25) is 10.0 Å². The van der Waals surface area contributed by atoms with Crippen LogP contribution in [0.15, 0.2) is 23.1 Å². The Kier molecular flexibility index (Phi) is 4.10. The number of nitrogens with two attached hydrogens (primary N) is 1. The van der Waals surface area contributed by atoms with Gasteiger partial charge in [-0.15, -0.1) is 0 Å². The number of benzene rings is 1. The van der Waals surface area contributed by atoms with Gasteiger partial charge in [0.1, 0.15) is 10.7 Å². The first-order valence-corrected chi connectivity index (χ1v) is 7.90. The molecule has 1 aromatic carbocycles. The summed E-state index contributed by atoms with van der Waals surface area (Å²) in [6.07, 6.45) is 2.62. The van der Waals surface area contributed by atoms with Crippen LogP contribution in [-0.4, -0.2) is 25.8 Å². The Labute approximate surface area is 113 Å². The van der Waals surface area contributed by atoms with Gasteiger partial charge in [-0.05, 0) is 43.4 Å². The van der Waals surface area contributed by atoms with Gasteiger partial charge in [-0.2, -0.15) is 4.31 Å². The highest BCUT2D eigenvalue weighted by Gasteiger charge is 2.29. The fourth-order valence-corrected chi connectivity index (χ4v) is 3.93. The highest BCUT2D eigenvalue weighted by atomic mass is 32.2. The van der Waals surface area contributed by atoms with Crippen LogP contribution in [0.4, 0.5) is 10.1 Å². The molecule has 0 amide bonds. The molecule has 0 aromatic heterocycles. The van der Waals surface area contributed by atoms with E-state index in [2.05, 4.69) is 6.92 Å². The van der Waals surface area contributed by atoms with E-state index in [1.54, 1.807) is 0 Å². The van der Waals surface area contributed by atoms with Crippen molar-refractivity contribution in [2.24, 2.45) is 5.92 Å². The van der Waals surface area contributed by atoms with Crippen LogP contribution in [0.2, 0.25) is 0 Å². The number of nitrogen functional groups attached to an aromatic ring is 1. The molecule has 4 nitrogen and oxygen atoms in total. The van der Waals surface area contributed by atoms with Crippen molar-refractivity contribution in [3.05, 3.63) is 24.0 Å². The van der Waals surface area contributed by atoms with E-state index in [9.17, 15) is 12.8 Å². The second kappa shape index (κ2) is 5.46. The average molecular weight is 286 g/mol. The summed E-state index contributed by atoms with van der Waals surface area (Å²) >= 11 is 0. The molecule has 1 saturated heterocycles. The standard InChI is InChI=1S/C13H19FN2O2S/c1-10-3-2-7-16(8-6-10)19(17,18)13-9-11(15)4-5-12(13)14/h4-5,9-10H,2-3,6-8,15H2,1H3. The summed E-state index contributed by atoms with van der Waals surface area (Å²) in [6.45, 7) is 3.00. The van der Waals surface area contributed by atoms with E-state index in [-0.39, 0.29) is 10.6 Å². The molecule has 0 saturated carbocycles.